The van der Waals surface area contributed by atoms with Crippen LogP contribution in [0, 0.1) is 5.92 Å². The largest absolute Gasteiger partial charge is 0.469 e. The number of rotatable bonds is 5. The molecule has 1 atom stereocenters. The lowest BCUT2D eigenvalue weighted by Crippen LogP contribution is -2.32. The summed E-state index contributed by atoms with van der Waals surface area (Å²) < 4.78 is 4.73. The maximum Gasteiger partial charge on any atom is 0.310 e. The van der Waals surface area contributed by atoms with Crippen molar-refractivity contribution in [2.45, 2.75) is 13.0 Å². The first-order valence-corrected chi connectivity index (χ1v) is 7.02. The number of likely N-dealkylation sites (tertiary alicyclic amines) is 1. The number of hydrogen-bond acceptors (Lipinski definition) is 5. The van der Waals surface area contributed by atoms with Gasteiger partial charge in [0.1, 0.15) is 0 Å². The molecule has 1 aromatic carbocycles. The first-order valence-electron chi connectivity index (χ1n) is 7.02. The van der Waals surface area contributed by atoms with Gasteiger partial charge in [0.2, 0.25) is 5.91 Å². The van der Waals surface area contributed by atoms with Crippen molar-refractivity contribution >= 4 is 17.6 Å². The number of methoxy groups -OCH3 is 1. The molecule has 1 fully saturated rings. The minimum Gasteiger partial charge on any atom is -0.469 e. The van der Waals surface area contributed by atoms with E-state index in [1.807, 2.05) is 29.2 Å². The smallest absolute Gasteiger partial charge is 0.310 e. The lowest BCUT2D eigenvalue weighted by Gasteiger charge is -2.16. The molecule has 0 radical (unpaired) electrons. The van der Waals surface area contributed by atoms with Crippen molar-refractivity contribution in [3.63, 3.8) is 0 Å². The molecule has 1 aliphatic rings. The Morgan fingerprint density at radius 1 is 1.43 bits per heavy atom. The molecular weight excluding hydrogens is 270 g/mol. The van der Waals surface area contributed by atoms with E-state index >= 15 is 0 Å². The van der Waals surface area contributed by atoms with Crippen LogP contribution >= 0.6 is 0 Å². The van der Waals surface area contributed by atoms with E-state index in [0.29, 0.717) is 13.1 Å². The summed E-state index contributed by atoms with van der Waals surface area (Å²) in [5, 5.41) is 2.87. The molecule has 1 amide bonds. The molecule has 3 N–H and O–H groups in total. The Hall–Kier alpha value is -1.92. The van der Waals surface area contributed by atoms with Crippen LogP contribution in [0.1, 0.15) is 12.0 Å². The average molecular weight is 291 g/mol. The minimum atomic E-state index is -0.202. The molecule has 0 bridgehead atoms. The van der Waals surface area contributed by atoms with Crippen molar-refractivity contribution in [1.29, 1.82) is 0 Å². The zero-order chi connectivity index (χ0) is 15.2. The minimum absolute atomic E-state index is 0.0959. The van der Waals surface area contributed by atoms with Crippen LogP contribution in [0.25, 0.3) is 0 Å². The Kier molecular flexibility index (Phi) is 5.30. The van der Waals surface area contributed by atoms with Gasteiger partial charge >= 0.3 is 5.97 Å². The van der Waals surface area contributed by atoms with Crippen LogP contribution in [0.5, 0.6) is 0 Å². The van der Waals surface area contributed by atoms with Crippen LogP contribution in [0.4, 0.5) is 5.69 Å². The number of ether oxygens (including phenoxy) is 1. The number of hydrogen-bond donors (Lipinski definition) is 2. The van der Waals surface area contributed by atoms with E-state index in [-0.39, 0.29) is 24.3 Å². The fourth-order valence-corrected chi connectivity index (χ4v) is 2.55. The highest BCUT2D eigenvalue weighted by molar-refractivity contribution is 5.93. The van der Waals surface area contributed by atoms with Gasteiger partial charge < -0.3 is 15.8 Å². The third-order valence-corrected chi connectivity index (χ3v) is 3.69. The van der Waals surface area contributed by atoms with Gasteiger partial charge in [-0.3, -0.25) is 14.5 Å². The fourth-order valence-electron chi connectivity index (χ4n) is 2.55. The van der Waals surface area contributed by atoms with Crippen molar-refractivity contribution in [3.05, 3.63) is 29.8 Å². The van der Waals surface area contributed by atoms with Gasteiger partial charge in [0.05, 0.1) is 19.6 Å². The zero-order valence-corrected chi connectivity index (χ0v) is 12.2. The predicted molar refractivity (Wildman–Crippen MR) is 79.5 cm³/mol. The van der Waals surface area contributed by atoms with Crippen LogP contribution in [0.3, 0.4) is 0 Å². The number of para-hydroxylation sites is 1. The van der Waals surface area contributed by atoms with Crippen LogP contribution in [0.15, 0.2) is 24.3 Å². The van der Waals surface area contributed by atoms with E-state index in [2.05, 4.69) is 5.32 Å². The second-order valence-corrected chi connectivity index (χ2v) is 5.15. The normalized spacial score (nSPS) is 18.5. The Morgan fingerprint density at radius 2 is 2.19 bits per heavy atom. The third-order valence-electron chi connectivity index (χ3n) is 3.69. The number of carbonyl (C=O) groups excluding carboxylic acids is 2. The molecule has 21 heavy (non-hydrogen) atoms. The molecule has 1 aliphatic heterocycles. The van der Waals surface area contributed by atoms with Crippen molar-refractivity contribution in [2.24, 2.45) is 11.7 Å². The summed E-state index contributed by atoms with van der Waals surface area (Å²) in [7, 11) is 1.39. The highest BCUT2D eigenvalue weighted by Gasteiger charge is 2.29. The monoisotopic (exact) mass is 291 g/mol. The molecular formula is C15H21N3O3. The molecule has 1 heterocycles. The topological polar surface area (TPSA) is 84.7 Å². The number of nitrogens with zero attached hydrogens (tertiary/aromatic N) is 1. The number of esters is 1. The molecule has 0 aliphatic carbocycles. The van der Waals surface area contributed by atoms with Crippen LogP contribution in [-0.4, -0.2) is 43.5 Å². The number of nitrogens with one attached hydrogen (secondary N) is 1. The second kappa shape index (κ2) is 7.19. The molecule has 1 unspecified atom stereocenters. The number of benzene rings is 1. The summed E-state index contributed by atoms with van der Waals surface area (Å²) in [5.74, 6) is -0.424. The Morgan fingerprint density at radius 3 is 2.90 bits per heavy atom. The molecule has 2 rings (SSSR count). The SMILES string of the molecule is COC(=O)C1CCN(CC(=O)Nc2ccccc2CN)C1. The quantitative estimate of drug-likeness (QED) is 0.775. The lowest BCUT2D eigenvalue weighted by molar-refractivity contribution is -0.145. The summed E-state index contributed by atoms with van der Waals surface area (Å²) in [6.07, 6.45) is 0.735. The Bertz CT molecular complexity index is 519. The number of carbonyl (C=O) groups is 2. The molecule has 6 heteroatoms. The number of nitrogens with two attached hydrogens (primary N) is 1. The summed E-state index contributed by atoms with van der Waals surface area (Å²) in [6, 6.07) is 7.47. The third kappa shape index (κ3) is 4.03. The van der Waals surface area contributed by atoms with Gasteiger partial charge in [0.15, 0.2) is 0 Å². The number of anilines is 1. The highest BCUT2D eigenvalue weighted by atomic mass is 16.5. The average Bonchev–Trinajstić information content (AvgIpc) is 2.95. The van der Waals surface area contributed by atoms with E-state index in [9.17, 15) is 9.59 Å². The lowest BCUT2D eigenvalue weighted by atomic mass is 10.1. The van der Waals surface area contributed by atoms with Gasteiger partial charge in [0.25, 0.3) is 0 Å². The van der Waals surface area contributed by atoms with Gasteiger partial charge in [-0.15, -0.1) is 0 Å². The highest BCUT2D eigenvalue weighted by Crippen LogP contribution is 2.18. The van der Waals surface area contributed by atoms with Gasteiger partial charge in [-0.05, 0) is 24.6 Å². The summed E-state index contributed by atoms with van der Waals surface area (Å²) >= 11 is 0. The van der Waals surface area contributed by atoms with E-state index in [4.69, 9.17) is 10.5 Å². The van der Waals surface area contributed by atoms with Crippen molar-refractivity contribution in [3.8, 4) is 0 Å². The van der Waals surface area contributed by atoms with E-state index < -0.39 is 0 Å². The van der Waals surface area contributed by atoms with Crippen molar-refractivity contribution < 1.29 is 14.3 Å². The molecule has 114 valence electrons. The molecule has 1 aromatic rings. The van der Waals surface area contributed by atoms with Crippen LogP contribution in [0.2, 0.25) is 0 Å². The standard InChI is InChI=1S/C15H21N3O3/c1-21-15(20)12-6-7-18(9-12)10-14(19)17-13-5-3-2-4-11(13)8-16/h2-5,12H,6-10,16H2,1H3,(H,17,19). The zero-order valence-electron chi connectivity index (χ0n) is 12.2. The first-order chi connectivity index (χ1) is 10.1. The van der Waals surface area contributed by atoms with Gasteiger partial charge in [0, 0.05) is 18.8 Å². The maximum atomic E-state index is 12.1. The van der Waals surface area contributed by atoms with Gasteiger partial charge in [-0.25, -0.2) is 0 Å². The van der Waals surface area contributed by atoms with Crippen LogP contribution < -0.4 is 11.1 Å². The van der Waals surface area contributed by atoms with E-state index in [0.717, 1.165) is 24.2 Å². The predicted octanol–water partition coefficient (Wildman–Crippen LogP) is 0.579. The maximum absolute atomic E-state index is 12.1. The fraction of sp³-hybridized carbons (Fsp3) is 0.467. The van der Waals surface area contributed by atoms with E-state index in [1.165, 1.54) is 7.11 Å². The van der Waals surface area contributed by atoms with Gasteiger partial charge in [-0.1, -0.05) is 18.2 Å². The second-order valence-electron chi connectivity index (χ2n) is 5.15. The molecule has 0 spiro atoms. The summed E-state index contributed by atoms with van der Waals surface area (Å²) in [4.78, 5) is 25.5. The number of amides is 1. The summed E-state index contributed by atoms with van der Waals surface area (Å²) in [5.41, 5.74) is 7.29. The van der Waals surface area contributed by atoms with Crippen molar-refractivity contribution in [2.75, 3.05) is 32.1 Å². The van der Waals surface area contributed by atoms with E-state index in [1.54, 1.807) is 0 Å². The Balaban J connectivity index is 1.87. The molecule has 6 nitrogen and oxygen atoms in total. The van der Waals surface area contributed by atoms with Crippen molar-refractivity contribution in [1.82, 2.24) is 4.90 Å². The molecule has 1 saturated heterocycles. The Labute approximate surface area is 124 Å². The first kappa shape index (κ1) is 15.5. The molecule has 0 saturated carbocycles. The van der Waals surface area contributed by atoms with Gasteiger partial charge in [-0.2, -0.15) is 0 Å². The molecule has 0 aromatic heterocycles. The summed E-state index contributed by atoms with van der Waals surface area (Å²) in [6.45, 7) is 1.95. The van der Waals surface area contributed by atoms with Crippen LogP contribution in [-0.2, 0) is 20.9 Å².